The van der Waals surface area contributed by atoms with Crippen molar-refractivity contribution in [2.24, 2.45) is 0 Å². The van der Waals surface area contributed by atoms with Crippen molar-refractivity contribution in [2.75, 3.05) is 27.2 Å². The molecular weight excluding hydrogens is 186 g/mol. The molecule has 15 heavy (non-hydrogen) atoms. The van der Waals surface area contributed by atoms with Crippen LogP contribution in [0.5, 0.6) is 0 Å². The summed E-state index contributed by atoms with van der Waals surface area (Å²) in [6.45, 7) is 2.11. The lowest BCUT2D eigenvalue weighted by Crippen LogP contribution is -2.51. The Balaban J connectivity index is 2.20. The molecule has 2 atom stereocenters. The van der Waals surface area contributed by atoms with Gasteiger partial charge in [0, 0.05) is 6.42 Å². The van der Waals surface area contributed by atoms with E-state index in [1.165, 1.54) is 5.56 Å². The predicted octanol–water partition coefficient (Wildman–Crippen LogP) is 1.61. The van der Waals surface area contributed by atoms with Gasteiger partial charge in [-0.25, -0.2) is 0 Å². The highest BCUT2D eigenvalue weighted by molar-refractivity contribution is 5.21. The SMILES string of the molecule is C[N+]1(C)CC[C@@H](O)[C@H](c2ccccc2)C1. The maximum absolute atomic E-state index is 10.0. The van der Waals surface area contributed by atoms with Gasteiger partial charge in [-0.05, 0) is 5.56 Å². The smallest absolute Gasteiger partial charge is 0.0877 e. The Kier molecular flexibility index (Phi) is 2.81. The first-order chi connectivity index (χ1) is 7.08. The van der Waals surface area contributed by atoms with E-state index in [1.807, 2.05) is 6.07 Å². The molecule has 2 heteroatoms. The van der Waals surface area contributed by atoms with E-state index in [4.69, 9.17) is 0 Å². The fraction of sp³-hybridized carbons (Fsp3) is 0.538. The van der Waals surface area contributed by atoms with Gasteiger partial charge in [-0.1, -0.05) is 30.3 Å². The second-order valence-corrected chi connectivity index (χ2v) is 5.22. The van der Waals surface area contributed by atoms with Gasteiger partial charge in [-0.15, -0.1) is 0 Å². The number of aliphatic hydroxyl groups excluding tert-OH is 1. The van der Waals surface area contributed by atoms with Crippen molar-refractivity contribution in [1.29, 1.82) is 0 Å². The molecule has 0 spiro atoms. The number of nitrogens with zero attached hydrogens (tertiary/aromatic N) is 1. The van der Waals surface area contributed by atoms with Gasteiger partial charge in [-0.3, -0.25) is 0 Å². The molecule has 0 aliphatic carbocycles. The molecular formula is C13H20NO+. The minimum Gasteiger partial charge on any atom is -0.392 e. The second-order valence-electron chi connectivity index (χ2n) is 5.22. The quantitative estimate of drug-likeness (QED) is 0.692. The normalized spacial score (nSPS) is 30.1. The summed E-state index contributed by atoms with van der Waals surface area (Å²) in [5.74, 6) is 0.301. The van der Waals surface area contributed by atoms with Crippen LogP contribution in [0.2, 0.25) is 0 Å². The minimum absolute atomic E-state index is 0.168. The molecule has 1 fully saturated rings. The van der Waals surface area contributed by atoms with Crippen LogP contribution < -0.4 is 0 Å². The van der Waals surface area contributed by atoms with Crippen molar-refractivity contribution in [1.82, 2.24) is 0 Å². The first kappa shape index (κ1) is 10.7. The molecule has 1 aromatic carbocycles. The molecule has 0 amide bonds. The summed E-state index contributed by atoms with van der Waals surface area (Å²) in [7, 11) is 4.48. The molecule has 1 aliphatic heterocycles. The summed E-state index contributed by atoms with van der Waals surface area (Å²) in [6.07, 6.45) is 0.741. The number of benzene rings is 1. The van der Waals surface area contributed by atoms with E-state index in [0.29, 0.717) is 5.92 Å². The number of hydrogen-bond donors (Lipinski definition) is 1. The first-order valence-electron chi connectivity index (χ1n) is 5.63. The molecule has 1 heterocycles. The maximum Gasteiger partial charge on any atom is 0.0877 e. The molecule has 1 N–H and O–H groups in total. The fourth-order valence-corrected chi connectivity index (χ4v) is 2.46. The average Bonchev–Trinajstić information content (AvgIpc) is 2.23. The molecule has 82 valence electrons. The zero-order chi connectivity index (χ0) is 10.9. The summed E-state index contributed by atoms with van der Waals surface area (Å²) in [4.78, 5) is 0. The van der Waals surface area contributed by atoms with Crippen LogP contribution in [0.25, 0.3) is 0 Å². The van der Waals surface area contributed by atoms with Crippen LogP contribution in [-0.4, -0.2) is 42.9 Å². The highest BCUT2D eigenvalue weighted by Crippen LogP contribution is 2.29. The molecule has 2 rings (SSSR count). The van der Waals surface area contributed by atoms with Crippen LogP contribution in [-0.2, 0) is 0 Å². The van der Waals surface area contributed by atoms with Crippen LogP contribution in [0.1, 0.15) is 17.9 Å². The number of likely N-dealkylation sites (tertiary alicyclic amines) is 1. The molecule has 0 radical (unpaired) electrons. The molecule has 0 aromatic heterocycles. The molecule has 0 bridgehead atoms. The van der Waals surface area contributed by atoms with Crippen LogP contribution in [0.4, 0.5) is 0 Å². The number of quaternary nitrogens is 1. The number of hydrogen-bond acceptors (Lipinski definition) is 1. The van der Waals surface area contributed by atoms with E-state index in [-0.39, 0.29) is 6.10 Å². The lowest BCUT2D eigenvalue weighted by atomic mass is 9.87. The standard InChI is InChI=1S/C13H20NO/c1-14(2)9-8-13(15)12(10-14)11-6-4-3-5-7-11/h3-7,12-13,15H,8-10H2,1-2H3/q+1/t12-,13+/m0/s1. The number of aliphatic hydroxyl groups is 1. The average molecular weight is 206 g/mol. The van der Waals surface area contributed by atoms with Gasteiger partial charge in [0.25, 0.3) is 0 Å². The topological polar surface area (TPSA) is 20.2 Å². The Morgan fingerprint density at radius 2 is 1.87 bits per heavy atom. The number of likely N-dealkylation sites (N-methyl/N-ethyl adjacent to an activating group) is 1. The third-order valence-corrected chi connectivity index (χ3v) is 3.41. The number of rotatable bonds is 1. The van der Waals surface area contributed by atoms with E-state index < -0.39 is 0 Å². The third kappa shape index (κ3) is 2.39. The van der Waals surface area contributed by atoms with E-state index in [0.717, 1.165) is 24.0 Å². The van der Waals surface area contributed by atoms with Crippen molar-refractivity contribution in [3.05, 3.63) is 35.9 Å². The monoisotopic (exact) mass is 206 g/mol. The molecule has 0 saturated carbocycles. The van der Waals surface area contributed by atoms with Crippen LogP contribution in [0.15, 0.2) is 30.3 Å². The van der Waals surface area contributed by atoms with E-state index >= 15 is 0 Å². The Labute approximate surface area is 91.7 Å². The maximum atomic E-state index is 10.0. The summed E-state index contributed by atoms with van der Waals surface area (Å²) in [6, 6.07) is 10.4. The lowest BCUT2D eigenvalue weighted by molar-refractivity contribution is -0.897. The van der Waals surface area contributed by atoms with Crippen LogP contribution in [0, 0.1) is 0 Å². The van der Waals surface area contributed by atoms with Gasteiger partial charge in [-0.2, -0.15) is 0 Å². The van der Waals surface area contributed by atoms with Gasteiger partial charge in [0.15, 0.2) is 0 Å². The molecule has 1 saturated heterocycles. The molecule has 1 aromatic rings. The molecule has 0 unspecified atom stereocenters. The van der Waals surface area contributed by atoms with Crippen molar-refractivity contribution in [3.8, 4) is 0 Å². The van der Waals surface area contributed by atoms with Crippen LogP contribution in [0.3, 0.4) is 0 Å². The Morgan fingerprint density at radius 1 is 1.20 bits per heavy atom. The zero-order valence-corrected chi connectivity index (χ0v) is 9.56. The lowest BCUT2D eigenvalue weighted by Gasteiger charge is -2.40. The van der Waals surface area contributed by atoms with Crippen molar-refractivity contribution < 1.29 is 9.59 Å². The Hall–Kier alpha value is -0.860. The minimum atomic E-state index is -0.168. The van der Waals surface area contributed by atoms with Crippen LogP contribution >= 0.6 is 0 Å². The number of piperidine rings is 1. The van der Waals surface area contributed by atoms with Crippen molar-refractivity contribution in [3.63, 3.8) is 0 Å². The third-order valence-electron chi connectivity index (χ3n) is 3.41. The van der Waals surface area contributed by atoms with Crippen molar-refractivity contribution in [2.45, 2.75) is 18.4 Å². The first-order valence-corrected chi connectivity index (χ1v) is 5.63. The second kappa shape index (κ2) is 3.95. The Bertz CT molecular complexity index is 321. The predicted molar refractivity (Wildman–Crippen MR) is 61.6 cm³/mol. The summed E-state index contributed by atoms with van der Waals surface area (Å²) in [5, 5.41) is 10.0. The fourth-order valence-electron chi connectivity index (χ4n) is 2.46. The van der Waals surface area contributed by atoms with Gasteiger partial charge in [0.1, 0.15) is 0 Å². The highest BCUT2D eigenvalue weighted by atomic mass is 16.3. The van der Waals surface area contributed by atoms with E-state index in [9.17, 15) is 5.11 Å². The highest BCUT2D eigenvalue weighted by Gasteiger charge is 2.34. The molecule has 1 aliphatic rings. The van der Waals surface area contributed by atoms with E-state index in [1.54, 1.807) is 0 Å². The Morgan fingerprint density at radius 3 is 2.53 bits per heavy atom. The largest absolute Gasteiger partial charge is 0.392 e. The van der Waals surface area contributed by atoms with Gasteiger partial charge in [0.2, 0.25) is 0 Å². The van der Waals surface area contributed by atoms with Crippen molar-refractivity contribution >= 4 is 0 Å². The van der Waals surface area contributed by atoms with E-state index in [2.05, 4.69) is 38.4 Å². The van der Waals surface area contributed by atoms with Gasteiger partial charge < -0.3 is 9.59 Å². The zero-order valence-electron chi connectivity index (χ0n) is 9.56. The summed E-state index contributed by atoms with van der Waals surface area (Å²) < 4.78 is 1.01. The summed E-state index contributed by atoms with van der Waals surface area (Å²) in [5.41, 5.74) is 1.27. The molecule has 2 nitrogen and oxygen atoms in total. The summed E-state index contributed by atoms with van der Waals surface area (Å²) >= 11 is 0. The van der Waals surface area contributed by atoms with Gasteiger partial charge >= 0.3 is 0 Å². The van der Waals surface area contributed by atoms with Gasteiger partial charge in [0.05, 0.1) is 39.2 Å².